The first-order valence-corrected chi connectivity index (χ1v) is 13.2. The summed E-state index contributed by atoms with van der Waals surface area (Å²) in [5.41, 5.74) is 1.71. The summed E-state index contributed by atoms with van der Waals surface area (Å²) < 4.78 is 44.2. The molecular formula is C22H29N3O6S. The van der Waals surface area contributed by atoms with Crippen molar-refractivity contribution in [2.75, 3.05) is 26.0 Å². The van der Waals surface area contributed by atoms with E-state index in [4.69, 9.17) is 14.0 Å². The van der Waals surface area contributed by atoms with Gasteiger partial charge in [0.25, 0.3) is 5.91 Å². The van der Waals surface area contributed by atoms with Crippen molar-refractivity contribution in [3.05, 3.63) is 23.9 Å². The summed E-state index contributed by atoms with van der Waals surface area (Å²) in [5.74, 6) is 0.807. The highest BCUT2D eigenvalue weighted by atomic mass is 32.2. The summed E-state index contributed by atoms with van der Waals surface area (Å²) >= 11 is 0. The van der Waals surface area contributed by atoms with E-state index in [2.05, 4.69) is 15.9 Å². The van der Waals surface area contributed by atoms with Crippen LogP contribution in [0.4, 0.5) is 0 Å². The van der Waals surface area contributed by atoms with Gasteiger partial charge >= 0.3 is 0 Å². The maximum Gasteiger partial charge on any atom is 0.260 e. The molecular weight excluding hydrogens is 434 g/mol. The number of amides is 1. The zero-order chi connectivity index (χ0) is 22.3. The van der Waals surface area contributed by atoms with Crippen LogP contribution in [-0.2, 0) is 19.6 Å². The molecule has 2 fully saturated rings. The van der Waals surface area contributed by atoms with Crippen LogP contribution in [0.25, 0.3) is 11.0 Å². The molecule has 3 aliphatic heterocycles. The Kier molecular flexibility index (Phi) is 5.85. The number of carbonyl (C=O) groups is 1. The zero-order valence-electron chi connectivity index (χ0n) is 18.2. The molecule has 0 radical (unpaired) electrons. The number of aromatic nitrogens is 1. The summed E-state index contributed by atoms with van der Waals surface area (Å²) in [7, 11) is -3.41. The largest absolute Gasteiger partial charge is 0.483 e. The number of sulfonamides is 1. The van der Waals surface area contributed by atoms with Gasteiger partial charge in [0.15, 0.2) is 12.2 Å². The Bertz CT molecular complexity index is 1090. The number of ether oxygens (including phenoxy) is 2. The van der Waals surface area contributed by atoms with Crippen LogP contribution >= 0.6 is 0 Å². The lowest BCUT2D eigenvalue weighted by molar-refractivity contribution is -0.140. The number of hydrogen-bond donors (Lipinski definition) is 1. The molecule has 1 aliphatic carbocycles. The van der Waals surface area contributed by atoms with Crippen molar-refractivity contribution in [2.24, 2.45) is 0 Å². The Morgan fingerprint density at radius 3 is 2.75 bits per heavy atom. The third-order valence-electron chi connectivity index (χ3n) is 6.92. The predicted molar refractivity (Wildman–Crippen MR) is 117 cm³/mol. The van der Waals surface area contributed by atoms with Crippen LogP contribution in [0.5, 0.6) is 5.75 Å². The number of hydrogen-bond acceptors (Lipinski definition) is 7. The summed E-state index contributed by atoms with van der Waals surface area (Å²) in [6.45, 7) is 0.754. The summed E-state index contributed by atoms with van der Waals surface area (Å²) in [6, 6.07) is 3.16. The Morgan fingerprint density at radius 2 is 1.97 bits per heavy atom. The maximum atomic E-state index is 13.2. The van der Waals surface area contributed by atoms with Gasteiger partial charge in [-0.2, -0.15) is 0 Å². The fourth-order valence-electron chi connectivity index (χ4n) is 5.34. The van der Waals surface area contributed by atoms with Crippen molar-refractivity contribution in [3.63, 3.8) is 0 Å². The highest BCUT2D eigenvalue weighted by Gasteiger charge is 2.37. The van der Waals surface area contributed by atoms with Gasteiger partial charge < -0.3 is 18.9 Å². The molecule has 4 aliphatic rings. The first-order valence-electron chi connectivity index (χ1n) is 11.3. The van der Waals surface area contributed by atoms with E-state index in [-0.39, 0.29) is 30.7 Å². The summed E-state index contributed by atoms with van der Waals surface area (Å²) in [5, 5.41) is 4.81. The van der Waals surface area contributed by atoms with E-state index in [1.807, 2.05) is 6.07 Å². The topological polar surface area (TPSA) is 111 Å². The average molecular weight is 464 g/mol. The molecule has 1 saturated heterocycles. The molecule has 1 saturated carbocycles. The third kappa shape index (κ3) is 4.49. The van der Waals surface area contributed by atoms with Gasteiger partial charge in [0.05, 0.1) is 31.2 Å². The number of rotatable bonds is 2. The molecule has 174 valence electrons. The van der Waals surface area contributed by atoms with Crippen LogP contribution in [0.15, 0.2) is 22.9 Å². The minimum atomic E-state index is -3.41. The summed E-state index contributed by atoms with van der Waals surface area (Å²) in [6.07, 6.45) is 8.10. The van der Waals surface area contributed by atoms with Crippen LogP contribution < -0.4 is 9.46 Å². The SMILES string of the molecule is CS(=O)(=O)N[C@H]1CCCN2C(=O)COc3cc4oncc4cc3C3CCC(CC3)OC[C@@H]12. The highest BCUT2D eigenvalue weighted by Crippen LogP contribution is 2.40. The Balaban J connectivity index is 1.47. The van der Waals surface area contributed by atoms with E-state index in [1.54, 1.807) is 11.1 Å². The Morgan fingerprint density at radius 1 is 1.16 bits per heavy atom. The Hall–Kier alpha value is -2.17. The molecule has 1 amide bonds. The lowest BCUT2D eigenvalue weighted by Crippen LogP contribution is -2.59. The molecule has 2 atom stereocenters. The fourth-order valence-corrected chi connectivity index (χ4v) is 6.17. The van der Waals surface area contributed by atoms with Crippen LogP contribution in [0.2, 0.25) is 0 Å². The minimum Gasteiger partial charge on any atom is -0.483 e. The number of nitrogens with zero attached hydrogens (tertiary/aromatic N) is 2. The third-order valence-corrected chi connectivity index (χ3v) is 7.65. The molecule has 10 heteroatoms. The molecule has 4 heterocycles. The molecule has 0 spiro atoms. The number of piperidine rings is 1. The second-order valence-corrected chi connectivity index (χ2v) is 10.9. The minimum absolute atomic E-state index is 0.105. The highest BCUT2D eigenvalue weighted by molar-refractivity contribution is 7.88. The Labute approximate surface area is 187 Å². The molecule has 6 rings (SSSR count). The van der Waals surface area contributed by atoms with Gasteiger partial charge in [-0.1, -0.05) is 5.16 Å². The molecule has 9 nitrogen and oxygen atoms in total. The van der Waals surface area contributed by atoms with E-state index < -0.39 is 10.0 Å². The van der Waals surface area contributed by atoms with Crippen LogP contribution in [0.3, 0.4) is 0 Å². The van der Waals surface area contributed by atoms with Crippen molar-refractivity contribution >= 4 is 26.9 Å². The normalized spacial score (nSPS) is 29.4. The van der Waals surface area contributed by atoms with Crippen molar-refractivity contribution in [1.82, 2.24) is 14.8 Å². The van der Waals surface area contributed by atoms with Crippen molar-refractivity contribution in [3.8, 4) is 5.75 Å². The molecule has 0 unspecified atom stereocenters. The predicted octanol–water partition coefficient (Wildman–Crippen LogP) is 2.17. The zero-order valence-corrected chi connectivity index (χ0v) is 19.0. The molecule has 2 bridgehead atoms. The van der Waals surface area contributed by atoms with Gasteiger partial charge in [-0.25, -0.2) is 13.1 Å². The number of carbonyl (C=O) groups excluding carboxylic acids is 1. The first kappa shape index (κ1) is 21.7. The van der Waals surface area contributed by atoms with Gasteiger partial charge in [0.2, 0.25) is 10.0 Å². The van der Waals surface area contributed by atoms with Gasteiger partial charge in [-0.15, -0.1) is 0 Å². The number of benzene rings is 1. The monoisotopic (exact) mass is 463 g/mol. The summed E-state index contributed by atoms with van der Waals surface area (Å²) in [4.78, 5) is 14.9. The van der Waals surface area contributed by atoms with Crippen molar-refractivity contribution < 1.29 is 27.2 Å². The lowest BCUT2D eigenvalue weighted by Gasteiger charge is -2.41. The van der Waals surface area contributed by atoms with Crippen LogP contribution in [0.1, 0.15) is 50.0 Å². The number of nitrogens with one attached hydrogen (secondary N) is 1. The van der Waals surface area contributed by atoms with E-state index in [0.717, 1.165) is 49.3 Å². The van der Waals surface area contributed by atoms with Crippen molar-refractivity contribution in [2.45, 2.75) is 62.6 Å². The standard InChI is InChI=1S/C22H29N3O6S/c1-32(27,28)24-18-3-2-8-25-19(18)12-29-16-6-4-14(5-7-16)17-9-15-11-23-31-20(15)10-21(17)30-13-22(25)26/h9-11,14,16,18-19,24H,2-8,12-13H2,1H3/t14?,16?,18-,19-/m0/s1. The van der Waals surface area contributed by atoms with Gasteiger partial charge in [0, 0.05) is 24.0 Å². The maximum absolute atomic E-state index is 13.2. The molecule has 1 N–H and O–H groups in total. The molecule has 32 heavy (non-hydrogen) atoms. The van der Waals surface area contributed by atoms with E-state index >= 15 is 0 Å². The van der Waals surface area contributed by atoms with Gasteiger partial charge in [-0.05, 0) is 56.1 Å². The fraction of sp³-hybridized carbons (Fsp3) is 0.636. The van der Waals surface area contributed by atoms with Crippen LogP contribution in [-0.4, -0.2) is 68.6 Å². The molecule has 1 aromatic carbocycles. The first-order chi connectivity index (χ1) is 15.4. The average Bonchev–Trinajstić information content (AvgIpc) is 3.22. The second-order valence-electron chi connectivity index (χ2n) is 9.14. The van der Waals surface area contributed by atoms with Gasteiger partial charge in [0.1, 0.15) is 5.75 Å². The molecule has 1 aromatic heterocycles. The van der Waals surface area contributed by atoms with Gasteiger partial charge in [-0.3, -0.25) is 4.79 Å². The second kappa shape index (κ2) is 8.64. The smallest absolute Gasteiger partial charge is 0.260 e. The van der Waals surface area contributed by atoms with Crippen molar-refractivity contribution in [1.29, 1.82) is 0 Å². The molecule has 2 aromatic rings. The van der Waals surface area contributed by atoms with Crippen LogP contribution in [0, 0.1) is 0 Å². The van der Waals surface area contributed by atoms with E-state index in [0.29, 0.717) is 36.8 Å². The quantitative estimate of drug-likeness (QED) is 0.727. The lowest BCUT2D eigenvalue weighted by atomic mass is 9.82. The number of fused-ring (bicyclic) bond motifs is 6. The van der Waals surface area contributed by atoms with E-state index in [1.165, 1.54) is 0 Å². The van der Waals surface area contributed by atoms with E-state index in [9.17, 15) is 13.2 Å².